The van der Waals surface area contributed by atoms with Crippen molar-refractivity contribution in [2.45, 2.75) is 71.1 Å². The van der Waals surface area contributed by atoms with E-state index in [4.69, 9.17) is 0 Å². The maximum absolute atomic E-state index is 13.5. The van der Waals surface area contributed by atoms with Crippen molar-refractivity contribution in [3.8, 4) is 0 Å². The van der Waals surface area contributed by atoms with Crippen molar-refractivity contribution in [3.63, 3.8) is 0 Å². The molecule has 0 aliphatic heterocycles. The summed E-state index contributed by atoms with van der Waals surface area (Å²) in [6.45, 7) is 10.6. The molecular weight excluding hydrogens is 446 g/mol. The summed E-state index contributed by atoms with van der Waals surface area (Å²) in [4.78, 5) is 19.1. The molecule has 0 N–H and O–H groups in total. The average Bonchev–Trinajstić information content (AvgIpc) is 3.16. The number of sulfone groups is 1. The van der Waals surface area contributed by atoms with E-state index in [9.17, 15) is 13.2 Å². The van der Waals surface area contributed by atoms with E-state index in [-0.39, 0.29) is 28.8 Å². The normalized spacial score (nSPS) is 11.9. The van der Waals surface area contributed by atoms with Crippen LogP contribution in [0, 0.1) is 12.8 Å². The van der Waals surface area contributed by atoms with Gasteiger partial charge in [0.05, 0.1) is 30.7 Å². The van der Waals surface area contributed by atoms with Gasteiger partial charge < -0.3 is 9.47 Å². The fourth-order valence-corrected chi connectivity index (χ4v) is 5.54. The topological polar surface area (TPSA) is 72.3 Å². The highest BCUT2D eigenvalue weighted by molar-refractivity contribution is 7.90. The van der Waals surface area contributed by atoms with Crippen LogP contribution in [0.25, 0.3) is 0 Å². The van der Waals surface area contributed by atoms with Crippen LogP contribution >= 0.6 is 0 Å². The van der Waals surface area contributed by atoms with Crippen LogP contribution in [-0.4, -0.2) is 34.8 Å². The van der Waals surface area contributed by atoms with Crippen LogP contribution in [0.4, 0.5) is 0 Å². The summed E-state index contributed by atoms with van der Waals surface area (Å²) in [7, 11) is -3.71. The second-order valence-corrected chi connectivity index (χ2v) is 11.4. The maximum atomic E-state index is 13.5. The van der Waals surface area contributed by atoms with Gasteiger partial charge in [0.2, 0.25) is 20.9 Å². The molecule has 0 bridgehead atoms. The minimum Gasteiger partial charge on any atom is -0.334 e. The van der Waals surface area contributed by atoms with Gasteiger partial charge in [-0.15, -0.1) is 0 Å². The molecule has 1 aromatic heterocycles. The highest BCUT2D eigenvalue weighted by Crippen LogP contribution is 2.22. The lowest BCUT2D eigenvalue weighted by molar-refractivity contribution is -0.134. The Balaban J connectivity index is 2.02. The minimum absolute atomic E-state index is 0.0154. The van der Waals surface area contributed by atoms with Crippen LogP contribution in [0.15, 0.2) is 66.0 Å². The zero-order chi connectivity index (χ0) is 24.9. The van der Waals surface area contributed by atoms with Crippen molar-refractivity contribution in [2.24, 2.45) is 5.92 Å². The van der Waals surface area contributed by atoms with Crippen molar-refractivity contribution in [3.05, 3.63) is 83.2 Å². The SMILES string of the molecule is Cc1ccccc1CS(=O)(=O)c1ncc(CN(C(=O)CC(C)C)C(C)C)n1Cc1ccccc1. The molecule has 0 aliphatic rings. The van der Waals surface area contributed by atoms with Gasteiger partial charge in [-0.3, -0.25) is 4.79 Å². The summed E-state index contributed by atoms with van der Waals surface area (Å²) in [5.74, 6) is 0.181. The standard InChI is InChI=1S/C27H35N3O3S/c1-20(2)15-26(31)29(21(3)4)18-25-16-28-27(30(25)17-23-12-7-6-8-13-23)34(32,33)19-24-14-10-9-11-22(24)5/h6-14,16,20-21H,15,17-19H2,1-5H3. The van der Waals surface area contributed by atoms with Crippen LogP contribution in [0.3, 0.4) is 0 Å². The molecule has 0 atom stereocenters. The molecule has 0 spiro atoms. The molecule has 7 heteroatoms. The Labute approximate surface area is 203 Å². The molecule has 6 nitrogen and oxygen atoms in total. The van der Waals surface area contributed by atoms with Crippen LogP contribution < -0.4 is 0 Å². The van der Waals surface area contributed by atoms with Crippen molar-refractivity contribution < 1.29 is 13.2 Å². The van der Waals surface area contributed by atoms with Crippen LogP contribution in [0.5, 0.6) is 0 Å². The third kappa shape index (κ3) is 6.35. The van der Waals surface area contributed by atoms with Gasteiger partial charge in [0.1, 0.15) is 0 Å². The fourth-order valence-electron chi connectivity index (χ4n) is 3.94. The third-order valence-corrected chi connectivity index (χ3v) is 7.40. The molecule has 0 saturated heterocycles. The molecule has 0 aliphatic carbocycles. The van der Waals surface area contributed by atoms with Crippen molar-refractivity contribution in [1.29, 1.82) is 0 Å². The van der Waals surface area contributed by atoms with E-state index in [2.05, 4.69) is 4.98 Å². The minimum atomic E-state index is -3.71. The van der Waals surface area contributed by atoms with Gasteiger partial charge >= 0.3 is 0 Å². The summed E-state index contributed by atoms with van der Waals surface area (Å²) < 4.78 is 28.8. The van der Waals surface area contributed by atoms with Gasteiger partial charge in [-0.25, -0.2) is 13.4 Å². The summed E-state index contributed by atoms with van der Waals surface area (Å²) in [5, 5.41) is 0.0367. The van der Waals surface area contributed by atoms with Crippen molar-refractivity contribution in [1.82, 2.24) is 14.5 Å². The van der Waals surface area contributed by atoms with Crippen molar-refractivity contribution in [2.75, 3.05) is 0 Å². The zero-order valence-corrected chi connectivity index (χ0v) is 21.5. The number of imidazole rings is 1. The highest BCUT2D eigenvalue weighted by Gasteiger charge is 2.27. The van der Waals surface area contributed by atoms with Gasteiger partial charge in [0.25, 0.3) is 0 Å². The molecule has 182 valence electrons. The number of nitrogens with zero attached hydrogens (tertiary/aromatic N) is 3. The Morgan fingerprint density at radius 2 is 1.65 bits per heavy atom. The fraction of sp³-hybridized carbons (Fsp3) is 0.407. The number of rotatable bonds is 10. The largest absolute Gasteiger partial charge is 0.334 e. The number of carbonyl (C=O) groups is 1. The molecule has 3 aromatic rings. The Hall–Kier alpha value is -2.93. The summed E-state index contributed by atoms with van der Waals surface area (Å²) in [5.41, 5.74) is 3.36. The lowest BCUT2D eigenvalue weighted by atomic mass is 10.1. The lowest BCUT2D eigenvalue weighted by Crippen LogP contribution is -2.37. The molecule has 0 radical (unpaired) electrons. The number of aryl methyl sites for hydroxylation is 1. The van der Waals surface area contributed by atoms with Crippen LogP contribution in [0.2, 0.25) is 0 Å². The van der Waals surface area contributed by atoms with Crippen LogP contribution in [0.1, 0.15) is 56.5 Å². The molecule has 1 amide bonds. The molecular formula is C27H35N3O3S. The predicted molar refractivity (Wildman–Crippen MR) is 135 cm³/mol. The van der Waals surface area contributed by atoms with Crippen molar-refractivity contribution >= 4 is 15.7 Å². The van der Waals surface area contributed by atoms with Gasteiger partial charge in [-0.2, -0.15) is 0 Å². The van der Waals surface area contributed by atoms with Gasteiger partial charge in [-0.05, 0) is 43.4 Å². The zero-order valence-electron chi connectivity index (χ0n) is 20.7. The van der Waals surface area contributed by atoms with E-state index in [0.29, 0.717) is 25.2 Å². The summed E-state index contributed by atoms with van der Waals surface area (Å²) in [6.07, 6.45) is 2.05. The first-order valence-corrected chi connectivity index (χ1v) is 13.4. The molecule has 0 fully saturated rings. The Kier molecular flexibility index (Phi) is 8.31. The number of carbonyl (C=O) groups excluding carboxylic acids is 1. The number of hydrogen-bond acceptors (Lipinski definition) is 4. The second-order valence-electron chi connectivity index (χ2n) is 9.50. The second kappa shape index (κ2) is 11.0. The first-order valence-electron chi connectivity index (χ1n) is 11.7. The van der Waals surface area contributed by atoms with Crippen LogP contribution in [-0.2, 0) is 33.5 Å². The molecule has 34 heavy (non-hydrogen) atoms. The number of amides is 1. The first kappa shape index (κ1) is 25.7. The van der Waals surface area contributed by atoms with E-state index in [1.54, 1.807) is 15.7 Å². The van der Waals surface area contributed by atoms with E-state index in [0.717, 1.165) is 16.7 Å². The third-order valence-electron chi connectivity index (χ3n) is 5.83. The quantitative estimate of drug-likeness (QED) is 0.409. The first-order chi connectivity index (χ1) is 16.1. The molecule has 3 rings (SSSR count). The van der Waals surface area contributed by atoms with Gasteiger partial charge in [0, 0.05) is 12.5 Å². The molecule has 0 saturated carbocycles. The molecule has 2 aromatic carbocycles. The monoisotopic (exact) mass is 481 g/mol. The number of aromatic nitrogens is 2. The maximum Gasteiger partial charge on any atom is 0.228 e. The van der Waals surface area contributed by atoms with Gasteiger partial charge in [-0.1, -0.05) is 68.4 Å². The summed E-state index contributed by atoms with van der Waals surface area (Å²) >= 11 is 0. The summed E-state index contributed by atoms with van der Waals surface area (Å²) in [6, 6.07) is 17.2. The number of benzene rings is 2. The average molecular weight is 482 g/mol. The predicted octanol–water partition coefficient (Wildman–Crippen LogP) is 5.00. The molecule has 1 heterocycles. The van der Waals surface area contributed by atoms with E-state index in [1.807, 2.05) is 89.2 Å². The van der Waals surface area contributed by atoms with E-state index < -0.39 is 9.84 Å². The Morgan fingerprint density at radius 3 is 2.26 bits per heavy atom. The van der Waals surface area contributed by atoms with E-state index >= 15 is 0 Å². The molecule has 0 unspecified atom stereocenters. The lowest BCUT2D eigenvalue weighted by Gasteiger charge is -2.28. The Bertz CT molecular complexity index is 1210. The van der Waals surface area contributed by atoms with E-state index in [1.165, 1.54) is 0 Å². The highest BCUT2D eigenvalue weighted by atomic mass is 32.2. The number of hydrogen-bond donors (Lipinski definition) is 0. The Morgan fingerprint density at radius 1 is 1.00 bits per heavy atom. The smallest absolute Gasteiger partial charge is 0.228 e. The van der Waals surface area contributed by atoms with Gasteiger partial charge in [0.15, 0.2) is 0 Å².